The maximum atomic E-state index is 8.62. The molecule has 0 aliphatic heterocycles. The molecule has 0 spiro atoms. The first-order valence-corrected chi connectivity index (χ1v) is 9.48. The lowest BCUT2D eigenvalue weighted by molar-refractivity contribution is 0.376. The third kappa shape index (κ3) is 6.22. The van der Waals surface area contributed by atoms with Gasteiger partial charge in [0.15, 0.2) is 0 Å². The first-order chi connectivity index (χ1) is 11.3. The minimum absolute atomic E-state index is 0.619. The summed E-state index contributed by atoms with van der Waals surface area (Å²) in [5.74, 6) is 1.34. The number of unbranched alkanes of at least 4 members (excludes halogenated alkanes) is 4. The number of aryl methyl sites for hydroxylation is 1. The molecule has 0 aromatic heterocycles. The highest BCUT2D eigenvalue weighted by Crippen LogP contribution is 2.36. The summed E-state index contributed by atoms with van der Waals surface area (Å²) in [5.41, 5.74) is 3.01. The maximum absolute atomic E-state index is 8.62. The van der Waals surface area contributed by atoms with E-state index in [9.17, 15) is 0 Å². The van der Waals surface area contributed by atoms with Gasteiger partial charge in [0.25, 0.3) is 0 Å². The highest BCUT2D eigenvalue weighted by Gasteiger charge is 2.20. The molecule has 1 heteroatoms. The second-order valence-corrected chi connectivity index (χ2v) is 7.01. The quantitative estimate of drug-likeness (QED) is 0.394. The molecule has 1 aliphatic rings. The van der Waals surface area contributed by atoms with Gasteiger partial charge < -0.3 is 0 Å². The summed E-state index contributed by atoms with van der Waals surface area (Å²) < 4.78 is 0. The highest BCUT2D eigenvalue weighted by molar-refractivity contribution is 5.26. The van der Waals surface area contributed by atoms with Crippen molar-refractivity contribution >= 4 is 0 Å². The zero-order valence-electron chi connectivity index (χ0n) is 14.6. The van der Waals surface area contributed by atoms with E-state index in [1.54, 1.807) is 6.08 Å². The van der Waals surface area contributed by atoms with Crippen LogP contribution in [0, 0.1) is 17.2 Å². The Morgan fingerprint density at radius 2 is 1.70 bits per heavy atom. The van der Waals surface area contributed by atoms with Crippen LogP contribution in [0.2, 0.25) is 0 Å². The fourth-order valence-corrected chi connectivity index (χ4v) is 3.71. The number of allylic oxidation sites excluding steroid dienone is 2. The number of benzene rings is 1. The fourth-order valence-electron chi connectivity index (χ4n) is 3.71. The molecular weight excluding hydrogens is 278 g/mol. The van der Waals surface area contributed by atoms with Gasteiger partial charge in [-0.25, -0.2) is 0 Å². The Morgan fingerprint density at radius 3 is 2.35 bits per heavy atom. The van der Waals surface area contributed by atoms with Crippen molar-refractivity contribution in [1.29, 1.82) is 5.26 Å². The minimum atomic E-state index is 0.619. The van der Waals surface area contributed by atoms with E-state index < -0.39 is 0 Å². The van der Waals surface area contributed by atoms with Crippen LogP contribution in [0.15, 0.2) is 36.4 Å². The van der Waals surface area contributed by atoms with E-state index in [0.717, 1.165) is 5.92 Å². The molecule has 0 radical (unpaired) electrons. The maximum Gasteiger partial charge on any atom is 0.0908 e. The molecule has 2 rings (SSSR count). The molecule has 1 aromatic rings. The Hall–Kier alpha value is -1.55. The molecule has 0 unspecified atom stereocenters. The molecule has 0 heterocycles. The summed E-state index contributed by atoms with van der Waals surface area (Å²) in [4.78, 5) is 0. The van der Waals surface area contributed by atoms with Gasteiger partial charge in [-0.1, -0.05) is 62.9 Å². The molecule has 0 saturated heterocycles. The molecule has 1 saturated carbocycles. The van der Waals surface area contributed by atoms with Crippen molar-refractivity contribution < 1.29 is 0 Å². The van der Waals surface area contributed by atoms with Crippen LogP contribution in [0.5, 0.6) is 0 Å². The second kappa shape index (κ2) is 10.3. The van der Waals surface area contributed by atoms with Gasteiger partial charge in [0, 0.05) is 6.08 Å². The van der Waals surface area contributed by atoms with Gasteiger partial charge >= 0.3 is 0 Å². The normalized spacial score (nSPS) is 21.4. The Labute approximate surface area is 142 Å². The number of nitrogens with zero attached hydrogens (tertiary/aromatic N) is 1. The fraction of sp³-hybridized carbons (Fsp3) is 0.591. The molecule has 1 aliphatic carbocycles. The van der Waals surface area contributed by atoms with E-state index in [2.05, 4.69) is 43.3 Å². The zero-order chi connectivity index (χ0) is 16.3. The average molecular weight is 309 g/mol. The molecule has 0 N–H and O–H groups in total. The Balaban J connectivity index is 1.75. The summed E-state index contributed by atoms with van der Waals surface area (Å²) in [6, 6.07) is 11.5. The molecule has 23 heavy (non-hydrogen) atoms. The number of nitriles is 1. The molecular formula is C22H31N. The van der Waals surface area contributed by atoms with E-state index in [0.29, 0.717) is 5.92 Å². The molecule has 1 aromatic carbocycles. The van der Waals surface area contributed by atoms with E-state index in [4.69, 9.17) is 5.26 Å². The summed E-state index contributed by atoms with van der Waals surface area (Å²) in [6.45, 7) is 2.27. The third-order valence-electron chi connectivity index (χ3n) is 5.23. The summed E-state index contributed by atoms with van der Waals surface area (Å²) >= 11 is 0. The van der Waals surface area contributed by atoms with Gasteiger partial charge in [0.1, 0.15) is 0 Å². The predicted molar refractivity (Wildman–Crippen MR) is 98.4 cm³/mol. The van der Waals surface area contributed by atoms with Crippen LogP contribution in [-0.4, -0.2) is 0 Å². The molecule has 0 amide bonds. The predicted octanol–water partition coefficient (Wildman–Crippen LogP) is 6.55. The summed E-state index contributed by atoms with van der Waals surface area (Å²) in [7, 11) is 0. The van der Waals surface area contributed by atoms with Crippen LogP contribution in [0.4, 0.5) is 0 Å². The van der Waals surface area contributed by atoms with E-state index in [1.165, 1.54) is 75.3 Å². The van der Waals surface area contributed by atoms with Crippen molar-refractivity contribution in [2.75, 3.05) is 0 Å². The zero-order valence-corrected chi connectivity index (χ0v) is 14.6. The summed E-state index contributed by atoms with van der Waals surface area (Å²) in [5, 5.41) is 8.62. The Bertz CT molecular complexity index is 498. The van der Waals surface area contributed by atoms with E-state index in [1.807, 2.05) is 0 Å². The SMILES string of the molecule is CCCCCCCc1ccc(C2CCC(C=CC#N)CC2)cc1. The average Bonchev–Trinajstić information content (AvgIpc) is 2.61. The molecule has 0 atom stereocenters. The largest absolute Gasteiger partial charge is 0.193 e. The number of hydrogen-bond acceptors (Lipinski definition) is 1. The lowest BCUT2D eigenvalue weighted by Crippen LogP contribution is -2.11. The van der Waals surface area contributed by atoms with Crippen LogP contribution < -0.4 is 0 Å². The standard InChI is InChI=1S/C22H31N/c1-2-3-4-5-6-8-19-10-14-21(15-11-19)22-16-12-20(13-17-22)9-7-18-23/h7,9-11,14-15,20,22H,2-6,8,12-13,16-17H2,1H3. The lowest BCUT2D eigenvalue weighted by atomic mass is 9.78. The molecule has 124 valence electrons. The van der Waals surface area contributed by atoms with Crippen molar-refractivity contribution in [3.63, 3.8) is 0 Å². The topological polar surface area (TPSA) is 23.8 Å². The molecule has 1 fully saturated rings. The van der Waals surface area contributed by atoms with Crippen molar-refractivity contribution in [2.24, 2.45) is 5.92 Å². The van der Waals surface area contributed by atoms with Gasteiger partial charge in [-0.05, 0) is 61.5 Å². The van der Waals surface area contributed by atoms with Crippen molar-refractivity contribution in [3.8, 4) is 6.07 Å². The van der Waals surface area contributed by atoms with Crippen LogP contribution in [0.3, 0.4) is 0 Å². The van der Waals surface area contributed by atoms with Gasteiger partial charge in [0.05, 0.1) is 6.07 Å². The molecule has 0 bridgehead atoms. The van der Waals surface area contributed by atoms with Crippen LogP contribution in [-0.2, 0) is 6.42 Å². The van der Waals surface area contributed by atoms with Crippen molar-refractivity contribution in [2.45, 2.75) is 77.0 Å². The van der Waals surface area contributed by atoms with Crippen LogP contribution >= 0.6 is 0 Å². The Kier molecular flexibility index (Phi) is 7.95. The molecule has 1 nitrogen and oxygen atoms in total. The monoisotopic (exact) mass is 309 g/mol. The minimum Gasteiger partial charge on any atom is -0.193 e. The van der Waals surface area contributed by atoms with Crippen LogP contribution in [0.1, 0.15) is 81.8 Å². The van der Waals surface area contributed by atoms with Gasteiger partial charge in [-0.2, -0.15) is 5.26 Å². The van der Waals surface area contributed by atoms with Gasteiger partial charge in [0.2, 0.25) is 0 Å². The highest BCUT2D eigenvalue weighted by atomic mass is 14.3. The number of rotatable bonds is 8. The second-order valence-electron chi connectivity index (χ2n) is 7.01. The smallest absolute Gasteiger partial charge is 0.0908 e. The number of hydrogen-bond donors (Lipinski definition) is 0. The lowest BCUT2D eigenvalue weighted by Gasteiger charge is -2.27. The third-order valence-corrected chi connectivity index (χ3v) is 5.23. The van der Waals surface area contributed by atoms with Gasteiger partial charge in [-0.15, -0.1) is 0 Å². The first kappa shape index (κ1) is 17.8. The van der Waals surface area contributed by atoms with E-state index >= 15 is 0 Å². The van der Waals surface area contributed by atoms with E-state index in [-0.39, 0.29) is 0 Å². The van der Waals surface area contributed by atoms with Gasteiger partial charge in [-0.3, -0.25) is 0 Å². The summed E-state index contributed by atoms with van der Waals surface area (Å²) in [6.07, 6.45) is 16.7. The van der Waals surface area contributed by atoms with Crippen molar-refractivity contribution in [3.05, 3.63) is 47.5 Å². The Morgan fingerprint density at radius 1 is 1.00 bits per heavy atom. The van der Waals surface area contributed by atoms with Crippen LogP contribution in [0.25, 0.3) is 0 Å². The van der Waals surface area contributed by atoms with Crippen molar-refractivity contribution in [1.82, 2.24) is 0 Å². The first-order valence-electron chi connectivity index (χ1n) is 9.48.